The number of hydrogen-bond acceptors (Lipinski definition) is 3. The van der Waals surface area contributed by atoms with Gasteiger partial charge in [0, 0.05) is 36.1 Å². The smallest absolute Gasteiger partial charge is 0.0537 e. The Balaban J connectivity index is 2.46. The van der Waals surface area contributed by atoms with Gasteiger partial charge in [0.15, 0.2) is 0 Å². The second-order valence-electron chi connectivity index (χ2n) is 4.51. The van der Waals surface area contributed by atoms with Crippen LogP contribution in [0, 0.1) is 0 Å². The molecule has 0 saturated heterocycles. The van der Waals surface area contributed by atoms with Crippen LogP contribution < -0.4 is 5.32 Å². The fraction of sp³-hybridized carbons (Fsp3) is 0.727. The minimum atomic E-state index is 0.288. The first-order chi connectivity index (χ1) is 6.94. The van der Waals surface area contributed by atoms with Gasteiger partial charge in [0.05, 0.1) is 6.20 Å². The first kappa shape index (κ1) is 12.6. The van der Waals surface area contributed by atoms with E-state index in [1.807, 2.05) is 29.7 Å². The lowest BCUT2D eigenvalue weighted by Crippen LogP contribution is -2.33. The molecule has 0 fully saturated rings. The zero-order valence-corrected chi connectivity index (χ0v) is 11.1. The van der Waals surface area contributed by atoms with Crippen LogP contribution in [0.1, 0.15) is 32.4 Å². The van der Waals surface area contributed by atoms with Crippen molar-refractivity contribution >= 4 is 11.8 Å². The van der Waals surface area contributed by atoms with Gasteiger partial charge in [-0.25, -0.2) is 0 Å². The van der Waals surface area contributed by atoms with Crippen molar-refractivity contribution in [3.8, 4) is 0 Å². The van der Waals surface area contributed by atoms with Gasteiger partial charge in [-0.05, 0) is 27.0 Å². The predicted octanol–water partition coefficient (Wildman–Crippen LogP) is 2.21. The van der Waals surface area contributed by atoms with Crippen molar-refractivity contribution in [3.63, 3.8) is 0 Å². The highest BCUT2D eigenvalue weighted by molar-refractivity contribution is 7.99. The largest absolute Gasteiger partial charge is 0.309 e. The van der Waals surface area contributed by atoms with Gasteiger partial charge in [0.2, 0.25) is 0 Å². The van der Waals surface area contributed by atoms with Crippen molar-refractivity contribution < 1.29 is 0 Å². The van der Waals surface area contributed by atoms with E-state index in [0.717, 1.165) is 6.54 Å². The summed E-state index contributed by atoms with van der Waals surface area (Å²) in [5.74, 6) is 0. The second kappa shape index (κ2) is 5.03. The van der Waals surface area contributed by atoms with Gasteiger partial charge >= 0.3 is 0 Å². The van der Waals surface area contributed by atoms with Crippen LogP contribution in [-0.2, 0) is 7.05 Å². The fourth-order valence-electron chi connectivity index (χ4n) is 1.25. The third-order valence-electron chi connectivity index (χ3n) is 2.61. The lowest BCUT2D eigenvalue weighted by atomic mass is 10.1. The number of thioether (sulfide) groups is 1. The maximum atomic E-state index is 4.17. The van der Waals surface area contributed by atoms with Gasteiger partial charge < -0.3 is 5.32 Å². The quantitative estimate of drug-likeness (QED) is 0.836. The summed E-state index contributed by atoms with van der Waals surface area (Å²) in [4.78, 5) is 0. The molecule has 1 N–H and O–H groups in total. The molecule has 0 aliphatic rings. The summed E-state index contributed by atoms with van der Waals surface area (Å²) >= 11 is 1.89. The van der Waals surface area contributed by atoms with Gasteiger partial charge in [-0.1, -0.05) is 0 Å². The van der Waals surface area contributed by atoms with Gasteiger partial charge in [-0.3, -0.25) is 4.68 Å². The van der Waals surface area contributed by atoms with Gasteiger partial charge in [-0.15, -0.1) is 0 Å². The van der Waals surface area contributed by atoms with Crippen molar-refractivity contribution in [2.24, 2.45) is 7.05 Å². The van der Waals surface area contributed by atoms with Gasteiger partial charge in [-0.2, -0.15) is 16.9 Å². The molecule has 1 aromatic heterocycles. The topological polar surface area (TPSA) is 29.9 Å². The van der Waals surface area contributed by atoms with Crippen molar-refractivity contribution in [1.82, 2.24) is 15.1 Å². The molecule has 0 radical (unpaired) electrons. The van der Waals surface area contributed by atoms with E-state index in [1.165, 1.54) is 5.56 Å². The van der Waals surface area contributed by atoms with Gasteiger partial charge in [0.1, 0.15) is 0 Å². The minimum Gasteiger partial charge on any atom is -0.309 e. The van der Waals surface area contributed by atoms with Gasteiger partial charge in [0.25, 0.3) is 0 Å². The van der Waals surface area contributed by atoms with E-state index in [-0.39, 0.29) is 4.75 Å². The third-order valence-corrected chi connectivity index (χ3v) is 3.86. The SMILES string of the molecule is CSC(C)(C)CNC(C)c1cnn(C)c1. The first-order valence-electron chi connectivity index (χ1n) is 5.22. The molecule has 1 unspecified atom stereocenters. The Morgan fingerprint density at radius 2 is 2.27 bits per heavy atom. The average Bonchev–Trinajstić information content (AvgIpc) is 2.61. The van der Waals surface area contributed by atoms with E-state index < -0.39 is 0 Å². The molecule has 1 aromatic rings. The summed E-state index contributed by atoms with van der Waals surface area (Å²) in [5.41, 5.74) is 1.24. The molecule has 4 heteroatoms. The molecule has 86 valence electrons. The van der Waals surface area contributed by atoms with E-state index in [2.05, 4.69) is 43.6 Å². The first-order valence-corrected chi connectivity index (χ1v) is 6.44. The highest BCUT2D eigenvalue weighted by atomic mass is 32.2. The zero-order chi connectivity index (χ0) is 11.5. The van der Waals surface area contributed by atoms with Crippen LogP contribution in [0.15, 0.2) is 12.4 Å². The molecule has 0 saturated carbocycles. The minimum absolute atomic E-state index is 0.288. The van der Waals surface area contributed by atoms with E-state index >= 15 is 0 Å². The Morgan fingerprint density at radius 3 is 2.73 bits per heavy atom. The molecule has 15 heavy (non-hydrogen) atoms. The van der Waals surface area contributed by atoms with Crippen molar-refractivity contribution in [3.05, 3.63) is 18.0 Å². The van der Waals surface area contributed by atoms with Crippen molar-refractivity contribution in [1.29, 1.82) is 0 Å². The molecule has 0 aromatic carbocycles. The summed E-state index contributed by atoms with van der Waals surface area (Å²) < 4.78 is 2.13. The maximum absolute atomic E-state index is 4.17. The maximum Gasteiger partial charge on any atom is 0.0537 e. The molecule has 1 heterocycles. The molecule has 3 nitrogen and oxygen atoms in total. The second-order valence-corrected chi connectivity index (χ2v) is 6.03. The highest BCUT2D eigenvalue weighted by Gasteiger charge is 2.17. The molecule has 1 rings (SSSR count). The molecule has 0 aliphatic carbocycles. The monoisotopic (exact) mass is 227 g/mol. The summed E-state index contributed by atoms with van der Waals surface area (Å²) in [6.45, 7) is 7.68. The van der Waals surface area contributed by atoms with E-state index in [9.17, 15) is 0 Å². The van der Waals surface area contributed by atoms with Crippen LogP contribution in [0.3, 0.4) is 0 Å². The standard InChI is InChI=1S/C11H21N3S/c1-9(10-6-13-14(4)7-10)12-8-11(2,3)15-5/h6-7,9,12H,8H2,1-5H3. The zero-order valence-electron chi connectivity index (χ0n) is 10.2. The normalized spacial score (nSPS) is 14.2. The third kappa shape index (κ3) is 3.87. The number of nitrogens with one attached hydrogen (secondary N) is 1. The molecular formula is C11H21N3S. The van der Waals surface area contributed by atoms with E-state index in [1.54, 1.807) is 0 Å². The number of hydrogen-bond donors (Lipinski definition) is 1. The lowest BCUT2D eigenvalue weighted by molar-refractivity contribution is 0.522. The van der Waals surface area contributed by atoms with Crippen LogP contribution in [-0.4, -0.2) is 27.3 Å². The molecule has 0 aliphatic heterocycles. The highest BCUT2D eigenvalue weighted by Crippen LogP contribution is 2.21. The Hall–Kier alpha value is -0.480. The molecular weight excluding hydrogens is 206 g/mol. The molecule has 0 spiro atoms. The number of aryl methyl sites for hydroxylation is 1. The summed E-state index contributed by atoms with van der Waals surface area (Å²) in [6.07, 6.45) is 6.13. The van der Waals surface area contributed by atoms with E-state index in [0.29, 0.717) is 6.04 Å². The van der Waals surface area contributed by atoms with Crippen molar-refractivity contribution in [2.75, 3.05) is 12.8 Å². The number of nitrogens with zero attached hydrogens (tertiary/aromatic N) is 2. The summed E-state index contributed by atoms with van der Waals surface area (Å²) in [5, 5.41) is 7.70. The molecule has 1 atom stereocenters. The summed E-state index contributed by atoms with van der Waals surface area (Å²) in [7, 11) is 1.95. The van der Waals surface area contributed by atoms with Crippen LogP contribution in [0.4, 0.5) is 0 Å². The van der Waals surface area contributed by atoms with Crippen LogP contribution in [0.25, 0.3) is 0 Å². The van der Waals surface area contributed by atoms with E-state index in [4.69, 9.17) is 0 Å². The fourth-order valence-corrected chi connectivity index (χ4v) is 1.48. The number of aromatic nitrogens is 2. The Bertz CT molecular complexity index is 307. The molecule has 0 bridgehead atoms. The Morgan fingerprint density at radius 1 is 1.60 bits per heavy atom. The van der Waals surface area contributed by atoms with Crippen LogP contribution >= 0.6 is 11.8 Å². The lowest BCUT2D eigenvalue weighted by Gasteiger charge is -2.24. The Labute approximate surface area is 96.6 Å². The van der Waals surface area contributed by atoms with Crippen LogP contribution in [0.5, 0.6) is 0 Å². The number of rotatable bonds is 5. The molecule has 0 amide bonds. The summed E-state index contributed by atoms with van der Waals surface area (Å²) in [6, 6.07) is 0.366. The van der Waals surface area contributed by atoms with Crippen LogP contribution in [0.2, 0.25) is 0 Å². The Kier molecular flexibility index (Phi) is 4.22. The average molecular weight is 227 g/mol. The predicted molar refractivity (Wildman–Crippen MR) is 67.2 cm³/mol. The van der Waals surface area contributed by atoms with Crippen molar-refractivity contribution in [2.45, 2.75) is 31.6 Å².